The zero-order valence-corrected chi connectivity index (χ0v) is 10.4. The van der Waals surface area contributed by atoms with E-state index in [0.717, 1.165) is 11.3 Å². The fourth-order valence-electron chi connectivity index (χ4n) is 1.51. The first-order chi connectivity index (χ1) is 9.19. The largest absolute Gasteiger partial charge is 0.449 e. The molecule has 2 rings (SSSR count). The Kier molecular flexibility index (Phi) is 4.15. The van der Waals surface area contributed by atoms with E-state index in [4.69, 9.17) is 9.52 Å². The highest BCUT2D eigenvalue weighted by molar-refractivity contribution is 5.85. The van der Waals surface area contributed by atoms with Crippen LogP contribution in [0.5, 0.6) is 0 Å². The maximum Gasteiger partial charge on any atom is 0.411 e. The van der Waals surface area contributed by atoms with Crippen molar-refractivity contribution in [2.24, 2.45) is 0 Å². The van der Waals surface area contributed by atoms with Crippen molar-refractivity contribution in [3.05, 3.63) is 36.4 Å². The van der Waals surface area contributed by atoms with E-state index in [1.54, 1.807) is 25.3 Å². The molecule has 1 aromatic carbocycles. The fraction of sp³-hybridized carbons (Fsp3) is 0.231. The number of aryl methyl sites for hydroxylation is 1. The minimum Gasteiger partial charge on any atom is -0.449 e. The first kappa shape index (κ1) is 13.1. The molecule has 0 saturated carbocycles. The van der Waals surface area contributed by atoms with Crippen LogP contribution >= 0.6 is 0 Å². The van der Waals surface area contributed by atoms with Crippen molar-refractivity contribution in [2.45, 2.75) is 6.92 Å². The summed E-state index contributed by atoms with van der Waals surface area (Å²) in [6.07, 6.45) is 0.979. The van der Waals surface area contributed by atoms with Crippen LogP contribution < -0.4 is 5.32 Å². The number of aliphatic hydroxyl groups excluding tert-OH is 1. The summed E-state index contributed by atoms with van der Waals surface area (Å²) in [6, 6.07) is 7.11. The van der Waals surface area contributed by atoms with E-state index in [9.17, 15) is 4.79 Å². The predicted octanol–water partition coefficient (Wildman–Crippen LogP) is 2.19. The first-order valence-electron chi connectivity index (χ1n) is 5.76. The van der Waals surface area contributed by atoms with Crippen LogP contribution in [0.1, 0.15) is 5.89 Å². The number of benzene rings is 1. The second-order valence-electron chi connectivity index (χ2n) is 3.81. The number of amides is 1. The summed E-state index contributed by atoms with van der Waals surface area (Å²) in [5.74, 6) is 0.602. The maximum absolute atomic E-state index is 11.3. The molecule has 100 valence electrons. The number of nitrogens with zero attached hydrogens (tertiary/aromatic N) is 1. The molecule has 1 amide bonds. The van der Waals surface area contributed by atoms with Gasteiger partial charge in [-0.15, -0.1) is 0 Å². The van der Waals surface area contributed by atoms with Gasteiger partial charge in [0.05, 0.1) is 6.61 Å². The fourth-order valence-corrected chi connectivity index (χ4v) is 1.51. The number of anilines is 1. The number of carbonyl (C=O) groups excluding carboxylic acids is 1. The minimum atomic E-state index is -0.598. The standard InChI is InChI=1S/C13H14N2O4/c1-9-14-12(8-19-9)10-2-4-11(5-3-10)15-13(17)18-7-6-16/h2-5,8,16H,6-7H2,1H3,(H,15,17). The Morgan fingerprint density at radius 2 is 2.16 bits per heavy atom. The van der Waals surface area contributed by atoms with Crippen LogP contribution in [0.25, 0.3) is 11.3 Å². The molecule has 0 unspecified atom stereocenters. The minimum absolute atomic E-state index is 0.0257. The zero-order valence-electron chi connectivity index (χ0n) is 10.4. The molecule has 0 radical (unpaired) electrons. The molecule has 6 heteroatoms. The van der Waals surface area contributed by atoms with Gasteiger partial charge in [-0.2, -0.15) is 0 Å². The molecule has 2 aromatic rings. The van der Waals surface area contributed by atoms with Gasteiger partial charge < -0.3 is 14.3 Å². The predicted molar refractivity (Wildman–Crippen MR) is 68.7 cm³/mol. The molecule has 6 nitrogen and oxygen atoms in total. The lowest BCUT2D eigenvalue weighted by Crippen LogP contribution is -2.15. The molecular formula is C13H14N2O4. The third kappa shape index (κ3) is 3.56. The summed E-state index contributed by atoms with van der Waals surface area (Å²) in [5, 5.41) is 11.1. The summed E-state index contributed by atoms with van der Waals surface area (Å²) in [6.45, 7) is 1.55. The molecule has 0 aliphatic heterocycles. The van der Waals surface area contributed by atoms with Gasteiger partial charge in [-0.05, 0) is 12.1 Å². The molecule has 19 heavy (non-hydrogen) atoms. The van der Waals surface area contributed by atoms with Gasteiger partial charge >= 0.3 is 6.09 Å². The second kappa shape index (κ2) is 6.01. The quantitative estimate of drug-likeness (QED) is 0.882. The van der Waals surface area contributed by atoms with Crippen LogP contribution in [-0.2, 0) is 4.74 Å². The number of hydrogen-bond donors (Lipinski definition) is 2. The smallest absolute Gasteiger partial charge is 0.411 e. The number of hydrogen-bond acceptors (Lipinski definition) is 5. The Balaban J connectivity index is 2.00. The Labute approximate surface area is 110 Å². The highest BCUT2D eigenvalue weighted by Crippen LogP contribution is 2.20. The third-order valence-corrected chi connectivity index (χ3v) is 2.37. The summed E-state index contributed by atoms with van der Waals surface area (Å²) in [7, 11) is 0. The first-order valence-corrected chi connectivity index (χ1v) is 5.76. The maximum atomic E-state index is 11.3. The van der Waals surface area contributed by atoms with E-state index in [-0.39, 0.29) is 13.2 Å². The van der Waals surface area contributed by atoms with Gasteiger partial charge in [-0.3, -0.25) is 5.32 Å². The summed E-state index contributed by atoms with van der Waals surface area (Å²) in [5.41, 5.74) is 2.24. The van der Waals surface area contributed by atoms with E-state index in [0.29, 0.717) is 11.6 Å². The molecule has 2 N–H and O–H groups in total. The SMILES string of the molecule is Cc1nc(-c2ccc(NC(=O)OCCO)cc2)co1. The van der Waals surface area contributed by atoms with Crippen molar-refractivity contribution in [3.63, 3.8) is 0 Å². The molecule has 0 atom stereocenters. The molecule has 0 aliphatic carbocycles. The highest BCUT2D eigenvalue weighted by atomic mass is 16.6. The van der Waals surface area contributed by atoms with Gasteiger partial charge in [-0.25, -0.2) is 9.78 Å². The average Bonchev–Trinajstić information content (AvgIpc) is 2.84. The average molecular weight is 262 g/mol. The van der Waals surface area contributed by atoms with Gasteiger partial charge in [-0.1, -0.05) is 12.1 Å². The van der Waals surface area contributed by atoms with Gasteiger partial charge in [0.1, 0.15) is 18.6 Å². The van der Waals surface area contributed by atoms with Gasteiger partial charge in [0, 0.05) is 18.2 Å². The number of oxazole rings is 1. The number of aromatic nitrogens is 1. The van der Waals surface area contributed by atoms with Crippen molar-refractivity contribution in [1.82, 2.24) is 4.98 Å². The van der Waals surface area contributed by atoms with E-state index < -0.39 is 6.09 Å². The second-order valence-corrected chi connectivity index (χ2v) is 3.81. The normalized spacial score (nSPS) is 10.2. The van der Waals surface area contributed by atoms with Gasteiger partial charge in [0.15, 0.2) is 5.89 Å². The van der Waals surface area contributed by atoms with E-state index in [1.165, 1.54) is 0 Å². The van der Waals surface area contributed by atoms with Crippen LogP contribution in [0.4, 0.5) is 10.5 Å². The lowest BCUT2D eigenvalue weighted by Gasteiger charge is -2.06. The van der Waals surface area contributed by atoms with Crippen LogP contribution in [0, 0.1) is 6.92 Å². The number of aliphatic hydroxyl groups is 1. The molecule has 0 bridgehead atoms. The van der Waals surface area contributed by atoms with E-state index >= 15 is 0 Å². The Morgan fingerprint density at radius 1 is 1.42 bits per heavy atom. The summed E-state index contributed by atoms with van der Waals surface area (Å²) in [4.78, 5) is 15.5. The van der Waals surface area contributed by atoms with Crippen LogP contribution in [0.15, 0.2) is 34.9 Å². The number of ether oxygens (including phenoxy) is 1. The van der Waals surface area contributed by atoms with E-state index in [2.05, 4.69) is 15.0 Å². The number of nitrogens with one attached hydrogen (secondary N) is 1. The monoisotopic (exact) mass is 262 g/mol. The highest BCUT2D eigenvalue weighted by Gasteiger charge is 2.05. The molecule has 0 aliphatic rings. The van der Waals surface area contributed by atoms with Crippen molar-refractivity contribution in [3.8, 4) is 11.3 Å². The Bertz CT molecular complexity index is 548. The number of carbonyl (C=O) groups is 1. The molecule has 0 spiro atoms. The van der Waals surface area contributed by atoms with Gasteiger partial charge in [0.2, 0.25) is 0 Å². The lowest BCUT2D eigenvalue weighted by atomic mass is 10.1. The molecule has 1 heterocycles. The Morgan fingerprint density at radius 3 is 2.74 bits per heavy atom. The van der Waals surface area contributed by atoms with Crippen LogP contribution in [-0.4, -0.2) is 29.4 Å². The summed E-state index contributed by atoms with van der Waals surface area (Å²) < 4.78 is 9.82. The van der Waals surface area contributed by atoms with E-state index in [1.807, 2.05) is 12.1 Å². The molecule has 1 aromatic heterocycles. The van der Waals surface area contributed by atoms with Crippen molar-refractivity contribution < 1.29 is 19.1 Å². The van der Waals surface area contributed by atoms with Crippen molar-refractivity contribution >= 4 is 11.8 Å². The van der Waals surface area contributed by atoms with Crippen LogP contribution in [0.2, 0.25) is 0 Å². The van der Waals surface area contributed by atoms with Gasteiger partial charge in [0.25, 0.3) is 0 Å². The molecule has 0 fully saturated rings. The Hall–Kier alpha value is -2.34. The third-order valence-electron chi connectivity index (χ3n) is 2.37. The topological polar surface area (TPSA) is 84.6 Å². The lowest BCUT2D eigenvalue weighted by molar-refractivity contribution is 0.131. The summed E-state index contributed by atoms with van der Waals surface area (Å²) >= 11 is 0. The molecule has 0 saturated heterocycles. The zero-order chi connectivity index (χ0) is 13.7. The van der Waals surface area contributed by atoms with Crippen LogP contribution in [0.3, 0.4) is 0 Å². The van der Waals surface area contributed by atoms with Crippen molar-refractivity contribution in [1.29, 1.82) is 0 Å². The number of rotatable bonds is 4. The van der Waals surface area contributed by atoms with Crippen molar-refractivity contribution in [2.75, 3.05) is 18.5 Å². The molecular weight excluding hydrogens is 248 g/mol.